The van der Waals surface area contributed by atoms with Crippen molar-refractivity contribution in [2.24, 2.45) is 5.92 Å². The molecule has 1 saturated carbocycles. The highest BCUT2D eigenvalue weighted by molar-refractivity contribution is 5.65. The van der Waals surface area contributed by atoms with Crippen LogP contribution in [0.1, 0.15) is 12.8 Å². The monoisotopic (exact) mass is 245 g/mol. The van der Waals surface area contributed by atoms with Crippen LogP contribution < -0.4 is 10.5 Å². The average Bonchev–Trinajstić information content (AvgIpc) is 3.07. The Balaban J connectivity index is 1.95. The molecule has 0 atom stereocenters. The van der Waals surface area contributed by atoms with Gasteiger partial charge in [0.1, 0.15) is 5.75 Å². The Morgan fingerprint density at radius 2 is 2.28 bits per heavy atom. The van der Waals surface area contributed by atoms with Crippen molar-refractivity contribution in [3.8, 4) is 17.1 Å². The number of tetrazole rings is 1. The summed E-state index contributed by atoms with van der Waals surface area (Å²) < 4.78 is 7.06. The Morgan fingerprint density at radius 1 is 1.44 bits per heavy atom. The van der Waals surface area contributed by atoms with E-state index in [4.69, 9.17) is 10.5 Å². The molecule has 0 saturated heterocycles. The molecule has 1 aromatic heterocycles. The molecule has 0 spiro atoms. The normalized spacial score (nSPS) is 14.7. The molecule has 1 heterocycles. The fourth-order valence-corrected chi connectivity index (χ4v) is 1.93. The van der Waals surface area contributed by atoms with Crippen molar-refractivity contribution < 1.29 is 4.74 Å². The SMILES string of the molecule is COc1cc(-c2nnnn2CC2CC2)ccc1N. The molecule has 1 aromatic carbocycles. The summed E-state index contributed by atoms with van der Waals surface area (Å²) in [6, 6.07) is 5.59. The van der Waals surface area contributed by atoms with Crippen molar-refractivity contribution in [1.82, 2.24) is 20.2 Å². The largest absolute Gasteiger partial charge is 0.495 e. The lowest BCUT2D eigenvalue weighted by Gasteiger charge is -2.07. The van der Waals surface area contributed by atoms with Crippen LogP contribution in [-0.4, -0.2) is 27.3 Å². The topological polar surface area (TPSA) is 78.9 Å². The van der Waals surface area contributed by atoms with E-state index in [0.717, 1.165) is 23.9 Å². The molecule has 18 heavy (non-hydrogen) atoms. The number of aromatic nitrogens is 4. The summed E-state index contributed by atoms with van der Waals surface area (Å²) in [5.74, 6) is 2.14. The first-order valence-electron chi connectivity index (χ1n) is 5.98. The number of hydrogen-bond donors (Lipinski definition) is 1. The average molecular weight is 245 g/mol. The van der Waals surface area contributed by atoms with Gasteiger partial charge in [0.15, 0.2) is 5.82 Å². The van der Waals surface area contributed by atoms with Gasteiger partial charge in [-0.15, -0.1) is 5.10 Å². The van der Waals surface area contributed by atoms with Crippen LogP contribution in [0, 0.1) is 5.92 Å². The molecule has 3 rings (SSSR count). The number of ether oxygens (including phenoxy) is 1. The van der Waals surface area contributed by atoms with Gasteiger partial charge in [0.25, 0.3) is 0 Å². The van der Waals surface area contributed by atoms with E-state index in [2.05, 4.69) is 15.5 Å². The summed E-state index contributed by atoms with van der Waals surface area (Å²) in [6.07, 6.45) is 2.54. The molecule has 0 bridgehead atoms. The minimum Gasteiger partial charge on any atom is -0.495 e. The standard InChI is InChI=1S/C12H15N5O/c1-18-11-6-9(4-5-10(11)13)12-14-15-16-17(12)7-8-2-3-8/h4-6,8H,2-3,7,13H2,1H3. The van der Waals surface area contributed by atoms with Crippen molar-refractivity contribution >= 4 is 5.69 Å². The zero-order valence-electron chi connectivity index (χ0n) is 10.2. The van der Waals surface area contributed by atoms with Gasteiger partial charge in [0, 0.05) is 12.1 Å². The van der Waals surface area contributed by atoms with E-state index in [9.17, 15) is 0 Å². The van der Waals surface area contributed by atoms with Crippen molar-refractivity contribution in [3.63, 3.8) is 0 Å². The van der Waals surface area contributed by atoms with E-state index in [0.29, 0.717) is 11.4 Å². The predicted octanol–water partition coefficient (Wildman–Crippen LogP) is 1.34. The first kappa shape index (κ1) is 11.0. The highest BCUT2D eigenvalue weighted by Gasteiger charge is 2.24. The summed E-state index contributed by atoms with van der Waals surface area (Å²) in [5, 5.41) is 11.9. The van der Waals surface area contributed by atoms with Gasteiger partial charge in [0.2, 0.25) is 0 Å². The quantitative estimate of drug-likeness (QED) is 0.822. The Labute approximate surface area is 105 Å². The minimum absolute atomic E-state index is 0.613. The smallest absolute Gasteiger partial charge is 0.182 e. The zero-order valence-corrected chi connectivity index (χ0v) is 10.2. The van der Waals surface area contributed by atoms with Crippen LogP contribution in [0.25, 0.3) is 11.4 Å². The number of methoxy groups -OCH3 is 1. The minimum atomic E-state index is 0.613. The first-order chi connectivity index (χ1) is 8.78. The molecule has 2 aromatic rings. The number of hydrogen-bond acceptors (Lipinski definition) is 5. The number of nitrogens with two attached hydrogens (primary N) is 1. The highest BCUT2D eigenvalue weighted by Crippen LogP contribution is 2.32. The van der Waals surface area contributed by atoms with Crippen LogP contribution in [0.2, 0.25) is 0 Å². The third kappa shape index (κ3) is 2.01. The van der Waals surface area contributed by atoms with Crippen LogP contribution in [0.15, 0.2) is 18.2 Å². The summed E-state index contributed by atoms with van der Waals surface area (Å²) >= 11 is 0. The molecule has 0 radical (unpaired) electrons. The number of nitrogens with zero attached hydrogens (tertiary/aromatic N) is 4. The fraction of sp³-hybridized carbons (Fsp3) is 0.417. The highest BCUT2D eigenvalue weighted by atomic mass is 16.5. The summed E-state index contributed by atoms with van der Waals surface area (Å²) in [7, 11) is 1.60. The van der Waals surface area contributed by atoms with E-state index in [1.807, 2.05) is 22.9 Å². The number of anilines is 1. The van der Waals surface area contributed by atoms with Gasteiger partial charge in [-0.3, -0.25) is 0 Å². The lowest BCUT2D eigenvalue weighted by Crippen LogP contribution is -2.04. The Hall–Kier alpha value is -2.11. The Morgan fingerprint density at radius 3 is 3.00 bits per heavy atom. The van der Waals surface area contributed by atoms with Gasteiger partial charge in [-0.05, 0) is 47.4 Å². The van der Waals surface area contributed by atoms with Gasteiger partial charge in [-0.1, -0.05) is 0 Å². The molecule has 2 N–H and O–H groups in total. The molecule has 0 unspecified atom stereocenters. The van der Waals surface area contributed by atoms with E-state index in [1.54, 1.807) is 7.11 Å². The van der Waals surface area contributed by atoms with Crippen LogP contribution in [0.3, 0.4) is 0 Å². The summed E-state index contributed by atoms with van der Waals surface area (Å²) in [6.45, 7) is 0.884. The predicted molar refractivity (Wildman–Crippen MR) is 66.9 cm³/mol. The fourth-order valence-electron chi connectivity index (χ4n) is 1.93. The maximum absolute atomic E-state index is 5.80. The Kier molecular flexibility index (Phi) is 2.62. The second kappa shape index (κ2) is 4.29. The van der Waals surface area contributed by atoms with Crippen LogP contribution in [0.4, 0.5) is 5.69 Å². The molecule has 0 amide bonds. The second-order valence-corrected chi connectivity index (χ2v) is 4.58. The second-order valence-electron chi connectivity index (χ2n) is 4.58. The van der Waals surface area contributed by atoms with Crippen molar-refractivity contribution in [2.45, 2.75) is 19.4 Å². The third-order valence-corrected chi connectivity index (χ3v) is 3.15. The van der Waals surface area contributed by atoms with Crippen molar-refractivity contribution in [1.29, 1.82) is 0 Å². The lowest BCUT2D eigenvalue weighted by molar-refractivity contribution is 0.417. The molecule has 1 aliphatic carbocycles. The van der Waals surface area contributed by atoms with Gasteiger partial charge in [-0.25, -0.2) is 4.68 Å². The Bertz CT molecular complexity index is 561. The molecule has 1 aliphatic rings. The number of benzene rings is 1. The van der Waals surface area contributed by atoms with Crippen LogP contribution in [0.5, 0.6) is 5.75 Å². The van der Waals surface area contributed by atoms with E-state index < -0.39 is 0 Å². The van der Waals surface area contributed by atoms with Crippen LogP contribution >= 0.6 is 0 Å². The van der Waals surface area contributed by atoms with Gasteiger partial charge < -0.3 is 10.5 Å². The summed E-state index contributed by atoms with van der Waals surface area (Å²) in [4.78, 5) is 0. The van der Waals surface area contributed by atoms with E-state index in [-0.39, 0.29) is 0 Å². The number of nitrogen functional groups attached to an aromatic ring is 1. The van der Waals surface area contributed by atoms with E-state index in [1.165, 1.54) is 12.8 Å². The first-order valence-corrected chi connectivity index (χ1v) is 5.98. The molecular formula is C12H15N5O. The molecule has 1 fully saturated rings. The van der Waals surface area contributed by atoms with Gasteiger partial charge in [-0.2, -0.15) is 0 Å². The van der Waals surface area contributed by atoms with Gasteiger partial charge in [0.05, 0.1) is 12.8 Å². The zero-order chi connectivity index (χ0) is 12.5. The molecule has 94 valence electrons. The molecule has 6 heteroatoms. The van der Waals surface area contributed by atoms with E-state index >= 15 is 0 Å². The van der Waals surface area contributed by atoms with Gasteiger partial charge >= 0.3 is 0 Å². The maximum Gasteiger partial charge on any atom is 0.182 e. The maximum atomic E-state index is 5.80. The third-order valence-electron chi connectivity index (χ3n) is 3.15. The van der Waals surface area contributed by atoms with Crippen molar-refractivity contribution in [3.05, 3.63) is 18.2 Å². The molecule has 6 nitrogen and oxygen atoms in total. The lowest BCUT2D eigenvalue weighted by atomic mass is 10.2. The molecule has 0 aliphatic heterocycles. The van der Waals surface area contributed by atoms with Crippen LogP contribution in [-0.2, 0) is 6.54 Å². The van der Waals surface area contributed by atoms with Crippen molar-refractivity contribution in [2.75, 3.05) is 12.8 Å². The molecular weight excluding hydrogens is 230 g/mol. The summed E-state index contributed by atoms with van der Waals surface area (Å²) in [5.41, 5.74) is 7.33. The number of rotatable bonds is 4.